The fraction of sp³-hybridized carbons (Fsp3) is 0. The average molecular weight is 162 g/mol. The molecule has 0 amide bonds. The molecule has 2 aromatic rings. The Labute approximate surface area is 68.6 Å². The topological polar surface area (TPSA) is 43.4 Å². The van der Waals surface area contributed by atoms with Crippen molar-refractivity contribution in [1.82, 2.24) is 0 Å². The van der Waals surface area contributed by atoms with Crippen molar-refractivity contribution < 1.29 is 13.6 Å². The molecule has 0 saturated carbocycles. The van der Waals surface area contributed by atoms with Crippen LogP contribution in [-0.4, -0.2) is 6.29 Å². The van der Waals surface area contributed by atoms with Gasteiger partial charge in [-0.05, 0) is 12.1 Å². The van der Waals surface area contributed by atoms with Gasteiger partial charge >= 0.3 is 0 Å². The van der Waals surface area contributed by atoms with Crippen LogP contribution < -0.4 is 0 Å². The number of aldehydes is 1. The van der Waals surface area contributed by atoms with Crippen molar-refractivity contribution >= 4 is 6.29 Å². The Kier molecular flexibility index (Phi) is 1.55. The van der Waals surface area contributed by atoms with Gasteiger partial charge in [0.25, 0.3) is 0 Å². The molecule has 0 atom stereocenters. The summed E-state index contributed by atoms with van der Waals surface area (Å²) in [6.45, 7) is 0. The first kappa shape index (κ1) is 6.91. The Morgan fingerprint density at radius 1 is 1.25 bits per heavy atom. The van der Waals surface area contributed by atoms with E-state index in [1.807, 2.05) is 0 Å². The predicted octanol–water partition coefficient (Wildman–Crippen LogP) is 2.35. The van der Waals surface area contributed by atoms with E-state index >= 15 is 0 Å². The third-order valence-electron chi connectivity index (χ3n) is 1.59. The van der Waals surface area contributed by atoms with Crippen molar-refractivity contribution in [2.24, 2.45) is 0 Å². The zero-order valence-electron chi connectivity index (χ0n) is 6.19. The lowest BCUT2D eigenvalue weighted by Gasteiger charge is -1.82. The SMILES string of the molecule is O=Cc1cc(-c2ccoc2)co1. The van der Waals surface area contributed by atoms with E-state index in [-0.39, 0.29) is 0 Å². The van der Waals surface area contributed by atoms with Gasteiger partial charge in [0.05, 0.1) is 18.8 Å². The molecule has 12 heavy (non-hydrogen) atoms. The molecule has 2 aromatic heterocycles. The molecule has 0 bridgehead atoms. The van der Waals surface area contributed by atoms with E-state index in [9.17, 15) is 4.79 Å². The summed E-state index contributed by atoms with van der Waals surface area (Å²) in [5.41, 5.74) is 1.76. The monoisotopic (exact) mass is 162 g/mol. The van der Waals surface area contributed by atoms with E-state index in [1.54, 1.807) is 24.7 Å². The molecular weight excluding hydrogens is 156 g/mol. The molecule has 2 rings (SSSR count). The maximum absolute atomic E-state index is 10.3. The largest absolute Gasteiger partial charge is 0.472 e. The zero-order chi connectivity index (χ0) is 8.39. The maximum atomic E-state index is 10.3. The molecule has 3 nitrogen and oxygen atoms in total. The average Bonchev–Trinajstić information content (AvgIpc) is 2.75. The van der Waals surface area contributed by atoms with E-state index in [2.05, 4.69) is 0 Å². The maximum Gasteiger partial charge on any atom is 0.185 e. The molecule has 60 valence electrons. The fourth-order valence-electron chi connectivity index (χ4n) is 0.995. The molecule has 0 unspecified atom stereocenters. The highest BCUT2D eigenvalue weighted by molar-refractivity contribution is 5.75. The molecule has 2 heterocycles. The highest BCUT2D eigenvalue weighted by atomic mass is 16.3. The Balaban J connectivity index is 2.41. The van der Waals surface area contributed by atoms with Crippen LogP contribution in [0.3, 0.4) is 0 Å². The molecular formula is C9H6O3. The minimum Gasteiger partial charge on any atom is -0.472 e. The van der Waals surface area contributed by atoms with Crippen molar-refractivity contribution in [3.05, 3.63) is 36.7 Å². The van der Waals surface area contributed by atoms with Crippen LogP contribution >= 0.6 is 0 Å². The van der Waals surface area contributed by atoms with Gasteiger partial charge in [-0.15, -0.1) is 0 Å². The van der Waals surface area contributed by atoms with Crippen LogP contribution in [-0.2, 0) is 0 Å². The summed E-state index contributed by atoms with van der Waals surface area (Å²) in [7, 11) is 0. The number of carbonyl (C=O) groups excluding carboxylic acids is 1. The molecule has 0 spiro atoms. The summed E-state index contributed by atoms with van der Waals surface area (Å²) in [4.78, 5) is 10.3. The molecule has 0 saturated heterocycles. The van der Waals surface area contributed by atoms with Crippen LogP contribution in [0.1, 0.15) is 10.6 Å². The van der Waals surface area contributed by atoms with Gasteiger partial charge < -0.3 is 8.83 Å². The first-order valence-electron chi connectivity index (χ1n) is 3.46. The Hall–Kier alpha value is -1.77. The number of carbonyl (C=O) groups is 1. The smallest absolute Gasteiger partial charge is 0.185 e. The van der Waals surface area contributed by atoms with Crippen molar-refractivity contribution in [2.45, 2.75) is 0 Å². The minimum absolute atomic E-state index is 0.325. The lowest BCUT2D eigenvalue weighted by Crippen LogP contribution is -1.68. The van der Waals surface area contributed by atoms with E-state index in [0.717, 1.165) is 11.1 Å². The van der Waals surface area contributed by atoms with Crippen LogP contribution in [0.15, 0.2) is 39.8 Å². The molecule has 0 fully saturated rings. The summed E-state index contributed by atoms with van der Waals surface area (Å²) < 4.78 is 9.81. The molecule has 3 heteroatoms. The minimum atomic E-state index is 0.325. The molecule has 0 radical (unpaired) electrons. The van der Waals surface area contributed by atoms with Crippen LogP contribution in [0.4, 0.5) is 0 Å². The van der Waals surface area contributed by atoms with E-state index in [1.165, 1.54) is 6.26 Å². The third kappa shape index (κ3) is 1.05. The Bertz CT molecular complexity index is 370. The zero-order valence-corrected chi connectivity index (χ0v) is 6.19. The second kappa shape index (κ2) is 2.70. The van der Waals surface area contributed by atoms with Crippen LogP contribution in [0.5, 0.6) is 0 Å². The normalized spacial score (nSPS) is 10.0. The number of hydrogen-bond acceptors (Lipinski definition) is 3. The van der Waals surface area contributed by atoms with E-state index in [4.69, 9.17) is 8.83 Å². The molecule has 0 aliphatic rings. The van der Waals surface area contributed by atoms with Gasteiger partial charge in [0.1, 0.15) is 0 Å². The van der Waals surface area contributed by atoms with Crippen molar-refractivity contribution in [1.29, 1.82) is 0 Å². The lowest BCUT2D eigenvalue weighted by molar-refractivity contribution is 0.110. The molecule has 0 aromatic carbocycles. The first-order valence-corrected chi connectivity index (χ1v) is 3.46. The van der Waals surface area contributed by atoms with Gasteiger partial charge in [-0.25, -0.2) is 0 Å². The highest BCUT2D eigenvalue weighted by Gasteiger charge is 2.03. The number of furan rings is 2. The third-order valence-corrected chi connectivity index (χ3v) is 1.59. The standard InChI is InChI=1S/C9H6O3/c10-4-9-3-8(6-12-9)7-1-2-11-5-7/h1-6H. The number of hydrogen-bond donors (Lipinski definition) is 0. The number of rotatable bonds is 2. The summed E-state index contributed by atoms with van der Waals surface area (Å²) in [6, 6.07) is 3.47. The predicted molar refractivity (Wildman–Crippen MR) is 41.8 cm³/mol. The summed E-state index contributed by atoms with van der Waals surface area (Å²) in [5.74, 6) is 0.325. The van der Waals surface area contributed by atoms with Crippen LogP contribution in [0.2, 0.25) is 0 Å². The van der Waals surface area contributed by atoms with Crippen molar-refractivity contribution in [2.75, 3.05) is 0 Å². The highest BCUT2D eigenvalue weighted by Crippen LogP contribution is 2.21. The molecule has 0 aliphatic heterocycles. The summed E-state index contributed by atoms with van der Waals surface area (Å²) in [6.07, 6.45) is 5.36. The van der Waals surface area contributed by atoms with Gasteiger partial charge in [-0.1, -0.05) is 0 Å². The summed E-state index contributed by atoms with van der Waals surface area (Å²) in [5, 5.41) is 0. The van der Waals surface area contributed by atoms with Crippen LogP contribution in [0.25, 0.3) is 11.1 Å². The van der Waals surface area contributed by atoms with Crippen LogP contribution in [0, 0.1) is 0 Å². The van der Waals surface area contributed by atoms with E-state index in [0.29, 0.717) is 12.0 Å². The molecule has 0 N–H and O–H groups in total. The van der Waals surface area contributed by atoms with Gasteiger partial charge in [-0.2, -0.15) is 0 Å². The first-order chi connectivity index (χ1) is 5.90. The van der Waals surface area contributed by atoms with Gasteiger partial charge in [0.2, 0.25) is 0 Å². The van der Waals surface area contributed by atoms with Gasteiger partial charge in [-0.3, -0.25) is 4.79 Å². The Morgan fingerprint density at radius 3 is 2.75 bits per heavy atom. The van der Waals surface area contributed by atoms with Crippen molar-refractivity contribution in [3.8, 4) is 11.1 Å². The fourth-order valence-corrected chi connectivity index (χ4v) is 0.995. The van der Waals surface area contributed by atoms with Gasteiger partial charge in [0, 0.05) is 11.1 Å². The molecule has 0 aliphatic carbocycles. The second-order valence-electron chi connectivity index (χ2n) is 2.37. The van der Waals surface area contributed by atoms with E-state index < -0.39 is 0 Å². The Morgan fingerprint density at radius 2 is 2.17 bits per heavy atom. The van der Waals surface area contributed by atoms with Crippen molar-refractivity contribution in [3.63, 3.8) is 0 Å². The second-order valence-corrected chi connectivity index (χ2v) is 2.37. The quantitative estimate of drug-likeness (QED) is 0.636. The lowest BCUT2D eigenvalue weighted by atomic mass is 10.2. The summed E-state index contributed by atoms with van der Waals surface area (Å²) >= 11 is 0. The van der Waals surface area contributed by atoms with Gasteiger partial charge in [0.15, 0.2) is 12.0 Å².